The van der Waals surface area contributed by atoms with Crippen LogP contribution in [0.4, 0.5) is 11.4 Å². The van der Waals surface area contributed by atoms with Gasteiger partial charge in [0.2, 0.25) is 0 Å². The molecule has 3 heteroatoms. The van der Waals surface area contributed by atoms with E-state index in [9.17, 15) is 0 Å². The van der Waals surface area contributed by atoms with Crippen molar-refractivity contribution >= 4 is 60.8 Å². The van der Waals surface area contributed by atoms with Crippen LogP contribution in [0.25, 0.3) is 94.0 Å². The fourth-order valence-electron chi connectivity index (χ4n) is 9.19. The second-order valence-corrected chi connectivity index (χ2v) is 16.2. The molecule has 12 rings (SSSR count). The van der Waals surface area contributed by atoms with E-state index in [1.807, 2.05) is 30.3 Å². The maximum atomic E-state index is 6.36. The van der Waals surface area contributed by atoms with Gasteiger partial charge >= 0.3 is 0 Å². The van der Waals surface area contributed by atoms with Crippen LogP contribution in [0.1, 0.15) is 5.56 Å². The molecule has 0 fully saturated rings. The number of fused-ring (bicyclic) bond motifs is 6. The van der Waals surface area contributed by atoms with Gasteiger partial charge < -0.3 is 13.7 Å². The Labute approximate surface area is 371 Å². The van der Waals surface area contributed by atoms with E-state index >= 15 is 0 Å². The van der Waals surface area contributed by atoms with E-state index in [2.05, 4.69) is 217 Å². The lowest BCUT2D eigenvalue weighted by Gasteiger charge is -2.29. The molecule has 0 bridgehead atoms. The number of rotatable bonds is 8. The molecule has 0 aliphatic heterocycles. The summed E-state index contributed by atoms with van der Waals surface area (Å²) in [6.07, 6.45) is 6.44. The lowest BCUT2D eigenvalue weighted by Crippen LogP contribution is -2.28. The van der Waals surface area contributed by atoms with E-state index in [4.69, 9.17) is 8.83 Å². The molecule has 1 aliphatic rings. The number of nitrogens with zero attached hydrogens (tertiary/aromatic N) is 1. The molecule has 64 heavy (non-hydrogen) atoms. The Morgan fingerprint density at radius 3 is 1.31 bits per heavy atom. The number of furan rings is 2. The van der Waals surface area contributed by atoms with E-state index in [1.165, 1.54) is 11.1 Å². The fourth-order valence-corrected chi connectivity index (χ4v) is 9.19. The Kier molecular flexibility index (Phi) is 9.13. The summed E-state index contributed by atoms with van der Waals surface area (Å²) in [7, 11) is 0. The minimum absolute atomic E-state index is 0.215. The van der Waals surface area contributed by atoms with Crippen molar-refractivity contribution in [1.29, 1.82) is 0 Å². The Morgan fingerprint density at radius 2 is 0.781 bits per heavy atom. The van der Waals surface area contributed by atoms with E-state index < -0.39 is 0 Å². The fraction of sp³-hybridized carbons (Fsp3) is 0.0164. The number of hydrogen-bond acceptors (Lipinski definition) is 3. The van der Waals surface area contributed by atoms with Gasteiger partial charge in [-0.05, 0) is 93.1 Å². The quantitative estimate of drug-likeness (QED) is 0.143. The van der Waals surface area contributed by atoms with Crippen molar-refractivity contribution in [2.45, 2.75) is 6.04 Å². The zero-order chi connectivity index (χ0) is 42.4. The average Bonchev–Trinajstić information content (AvgIpc) is 3.85. The van der Waals surface area contributed by atoms with E-state index in [0.29, 0.717) is 0 Å². The second kappa shape index (κ2) is 15.7. The van der Waals surface area contributed by atoms with Gasteiger partial charge in [-0.25, -0.2) is 0 Å². The Morgan fingerprint density at radius 1 is 0.359 bits per heavy atom. The molecular formula is C61H39NO2. The van der Waals surface area contributed by atoms with Crippen LogP contribution in [0.15, 0.2) is 239 Å². The SMILES string of the molecule is C1#CC(N(c2ccc(-c3ccccc3)cc2)c2ccc(-c3ccc(-c4cccc5c4oc4ccccc45)cc3)cc2)C=CC(c2ccc(-c3cccc4c3oc3ccccc34)cc2)=C1. The summed E-state index contributed by atoms with van der Waals surface area (Å²) >= 11 is 0. The van der Waals surface area contributed by atoms with Crippen molar-refractivity contribution in [1.82, 2.24) is 0 Å². The molecule has 3 nitrogen and oxygen atoms in total. The maximum absolute atomic E-state index is 6.36. The predicted octanol–water partition coefficient (Wildman–Crippen LogP) is 16.3. The standard InChI is InChI=1S/C61H39NO2/c1-2-11-41(12-3-1)45-32-37-50(38-33-45)62(51-39-34-46(35-40-51)44-25-29-48(30-26-44)53-18-10-20-57-55-16-5-7-22-59(55)64-61(53)57)49-14-8-13-42(31-36-49)43-23-27-47(28-24-43)52-17-9-19-56-54-15-4-6-21-58(54)63-60(52)56/h1-7,9-13,15-40,49H. The smallest absolute Gasteiger partial charge is 0.143 e. The molecule has 300 valence electrons. The summed E-state index contributed by atoms with van der Waals surface area (Å²) in [5.41, 5.74) is 17.0. The molecule has 9 aromatic carbocycles. The molecule has 0 saturated heterocycles. The molecule has 2 aromatic heterocycles. The van der Waals surface area contributed by atoms with Crippen molar-refractivity contribution < 1.29 is 8.83 Å². The predicted molar refractivity (Wildman–Crippen MR) is 266 cm³/mol. The van der Waals surface area contributed by atoms with E-state index in [1.54, 1.807) is 0 Å². The highest BCUT2D eigenvalue weighted by Gasteiger charge is 2.20. The minimum atomic E-state index is -0.215. The zero-order valence-corrected chi connectivity index (χ0v) is 34.8. The Hall–Kier alpha value is -8.58. The van der Waals surface area contributed by atoms with Crippen molar-refractivity contribution in [3.63, 3.8) is 0 Å². The van der Waals surface area contributed by atoms with Crippen LogP contribution in [0.3, 0.4) is 0 Å². The number of para-hydroxylation sites is 4. The monoisotopic (exact) mass is 817 g/mol. The molecule has 1 aliphatic carbocycles. The molecule has 11 aromatic rings. The molecule has 1 atom stereocenters. The van der Waals surface area contributed by atoms with Gasteiger partial charge in [0.05, 0.1) is 0 Å². The average molecular weight is 818 g/mol. The van der Waals surface area contributed by atoms with Crippen molar-refractivity contribution in [2.24, 2.45) is 0 Å². The van der Waals surface area contributed by atoms with Crippen LogP contribution in [0.5, 0.6) is 0 Å². The maximum Gasteiger partial charge on any atom is 0.143 e. The van der Waals surface area contributed by atoms with Gasteiger partial charge in [-0.15, -0.1) is 0 Å². The lowest BCUT2D eigenvalue weighted by molar-refractivity contribution is 0.669. The highest BCUT2D eigenvalue weighted by Crippen LogP contribution is 2.39. The normalized spacial score (nSPS) is 13.5. The van der Waals surface area contributed by atoms with Gasteiger partial charge in [0.25, 0.3) is 0 Å². The zero-order valence-electron chi connectivity index (χ0n) is 34.8. The first kappa shape index (κ1) is 37.2. The number of hydrogen-bond donors (Lipinski definition) is 0. The van der Waals surface area contributed by atoms with E-state index in [-0.39, 0.29) is 6.04 Å². The lowest BCUT2D eigenvalue weighted by atomic mass is 9.98. The molecular weight excluding hydrogens is 779 g/mol. The molecule has 0 radical (unpaired) electrons. The third-order valence-electron chi connectivity index (χ3n) is 12.5. The third-order valence-corrected chi connectivity index (χ3v) is 12.5. The first-order valence-electron chi connectivity index (χ1n) is 21.7. The number of allylic oxidation sites excluding steroid dienone is 3. The van der Waals surface area contributed by atoms with Gasteiger partial charge in [0, 0.05) is 44.0 Å². The van der Waals surface area contributed by atoms with Crippen molar-refractivity contribution in [2.75, 3.05) is 4.90 Å². The van der Waals surface area contributed by atoms with Crippen LogP contribution in [0.2, 0.25) is 0 Å². The largest absolute Gasteiger partial charge is 0.455 e. The summed E-state index contributed by atoms with van der Waals surface area (Å²) in [4.78, 5) is 2.33. The summed E-state index contributed by atoms with van der Waals surface area (Å²) in [6, 6.07) is 74.7. The van der Waals surface area contributed by atoms with Crippen molar-refractivity contribution in [3.05, 3.63) is 236 Å². The summed E-state index contributed by atoms with van der Waals surface area (Å²) in [5.74, 6) is 7.00. The minimum Gasteiger partial charge on any atom is -0.455 e. The number of anilines is 2. The summed E-state index contributed by atoms with van der Waals surface area (Å²) < 4.78 is 12.7. The van der Waals surface area contributed by atoms with Gasteiger partial charge in [-0.3, -0.25) is 0 Å². The van der Waals surface area contributed by atoms with Crippen molar-refractivity contribution in [3.8, 4) is 56.3 Å². The Bertz CT molecular complexity index is 3630. The van der Waals surface area contributed by atoms with Gasteiger partial charge in [-0.1, -0.05) is 194 Å². The van der Waals surface area contributed by atoms with Crippen LogP contribution in [-0.4, -0.2) is 6.04 Å². The second-order valence-electron chi connectivity index (χ2n) is 16.2. The van der Waals surface area contributed by atoms with E-state index in [0.717, 1.165) is 99.8 Å². The number of benzene rings is 9. The van der Waals surface area contributed by atoms with Crippen LogP contribution in [-0.2, 0) is 0 Å². The van der Waals surface area contributed by atoms with Gasteiger partial charge in [-0.2, -0.15) is 0 Å². The summed E-state index contributed by atoms with van der Waals surface area (Å²) in [6.45, 7) is 0. The van der Waals surface area contributed by atoms with Crippen LogP contribution >= 0.6 is 0 Å². The third kappa shape index (κ3) is 6.66. The molecule has 2 heterocycles. The summed E-state index contributed by atoms with van der Waals surface area (Å²) in [5, 5.41) is 4.54. The van der Waals surface area contributed by atoms with Gasteiger partial charge in [0.15, 0.2) is 0 Å². The molecule has 0 amide bonds. The topological polar surface area (TPSA) is 29.5 Å². The van der Waals surface area contributed by atoms with Crippen LogP contribution in [0, 0.1) is 11.8 Å². The first-order chi connectivity index (χ1) is 31.7. The molecule has 0 spiro atoms. The molecule has 0 N–H and O–H groups in total. The van der Waals surface area contributed by atoms with Crippen LogP contribution < -0.4 is 4.90 Å². The first-order valence-corrected chi connectivity index (χ1v) is 21.7. The Balaban J connectivity index is 0.838. The highest BCUT2D eigenvalue weighted by atomic mass is 16.3. The highest BCUT2D eigenvalue weighted by molar-refractivity contribution is 6.10. The molecule has 0 saturated carbocycles. The molecule has 1 unspecified atom stereocenters. The van der Waals surface area contributed by atoms with Gasteiger partial charge in [0.1, 0.15) is 28.4 Å².